The average Bonchev–Trinajstić information content (AvgIpc) is 2.24. The maximum atomic E-state index is 5.86. The van der Waals surface area contributed by atoms with Crippen LogP contribution in [0.3, 0.4) is 0 Å². The van der Waals surface area contributed by atoms with Crippen molar-refractivity contribution in [1.29, 1.82) is 0 Å². The summed E-state index contributed by atoms with van der Waals surface area (Å²) in [5.74, 6) is 1.95. The molecule has 0 spiro atoms. The van der Waals surface area contributed by atoms with Crippen molar-refractivity contribution in [2.45, 2.75) is 19.8 Å². The predicted octanol–water partition coefficient (Wildman–Crippen LogP) is 0.877. The Kier molecular flexibility index (Phi) is 2.62. The van der Waals surface area contributed by atoms with Crippen molar-refractivity contribution in [3.05, 3.63) is 6.33 Å². The van der Waals surface area contributed by atoms with E-state index < -0.39 is 0 Å². The fourth-order valence-electron chi connectivity index (χ4n) is 1.87. The van der Waals surface area contributed by atoms with Gasteiger partial charge in [-0.1, -0.05) is 6.92 Å². The minimum absolute atomic E-state index is 0.374. The van der Waals surface area contributed by atoms with Gasteiger partial charge in [0.25, 0.3) is 0 Å². The second-order valence-electron chi connectivity index (χ2n) is 4.17. The Hall–Kier alpha value is -1.52. The summed E-state index contributed by atoms with van der Waals surface area (Å²) in [6.45, 7) is 4.28. The minimum Gasteiger partial charge on any atom is -0.393 e. The van der Waals surface area contributed by atoms with Crippen LogP contribution in [0, 0.1) is 5.92 Å². The molecule has 1 aromatic rings. The standard InChI is InChI=1S/C10H17N5/c1-7-2-4-15(5-3-7)10-8(11)9(12)13-6-14-10/h6-7H,2-5,11H2,1H3,(H2,12,13,14). The molecule has 1 fully saturated rings. The molecule has 5 nitrogen and oxygen atoms in total. The van der Waals surface area contributed by atoms with Crippen LogP contribution in [0.4, 0.5) is 17.3 Å². The largest absolute Gasteiger partial charge is 0.393 e. The number of hydrogen-bond donors (Lipinski definition) is 2. The third-order valence-corrected chi connectivity index (χ3v) is 2.98. The van der Waals surface area contributed by atoms with Crippen molar-refractivity contribution in [3.8, 4) is 0 Å². The summed E-state index contributed by atoms with van der Waals surface area (Å²) in [6.07, 6.45) is 3.84. The molecular formula is C10H17N5. The predicted molar refractivity (Wildman–Crippen MR) is 61.5 cm³/mol. The number of anilines is 3. The fourth-order valence-corrected chi connectivity index (χ4v) is 1.87. The Balaban J connectivity index is 2.19. The number of hydrogen-bond acceptors (Lipinski definition) is 5. The lowest BCUT2D eigenvalue weighted by Gasteiger charge is -2.31. The van der Waals surface area contributed by atoms with Crippen LogP contribution in [0.5, 0.6) is 0 Å². The zero-order valence-electron chi connectivity index (χ0n) is 8.98. The molecule has 1 saturated heterocycles. The number of nitrogens with two attached hydrogens (primary N) is 2. The molecule has 0 radical (unpaired) electrons. The highest BCUT2D eigenvalue weighted by Crippen LogP contribution is 2.27. The molecule has 82 valence electrons. The number of nitrogen functional groups attached to an aromatic ring is 2. The molecule has 5 heteroatoms. The number of nitrogens with zero attached hydrogens (tertiary/aromatic N) is 3. The van der Waals surface area contributed by atoms with E-state index in [1.807, 2.05) is 0 Å². The summed E-state index contributed by atoms with van der Waals surface area (Å²) in [7, 11) is 0. The monoisotopic (exact) mass is 207 g/mol. The van der Waals surface area contributed by atoms with E-state index in [0.717, 1.165) is 24.8 Å². The maximum Gasteiger partial charge on any atom is 0.157 e. The normalized spacial score (nSPS) is 18.1. The highest BCUT2D eigenvalue weighted by atomic mass is 15.2. The number of piperidine rings is 1. The van der Waals surface area contributed by atoms with Crippen molar-refractivity contribution in [2.24, 2.45) is 5.92 Å². The molecule has 2 heterocycles. The van der Waals surface area contributed by atoms with Gasteiger partial charge in [0.05, 0.1) is 0 Å². The molecule has 0 aromatic carbocycles. The van der Waals surface area contributed by atoms with Gasteiger partial charge >= 0.3 is 0 Å². The molecule has 0 amide bonds. The zero-order chi connectivity index (χ0) is 10.8. The minimum atomic E-state index is 0.374. The van der Waals surface area contributed by atoms with E-state index in [-0.39, 0.29) is 0 Å². The summed E-state index contributed by atoms with van der Waals surface area (Å²) < 4.78 is 0. The average molecular weight is 207 g/mol. The van der Waals surface area contributed by atoms with Gasteiger partial charge in [-0.25, -0.2) is 9.97 Å². The van der Waals surface area contributed by atoms with Gasteiger partial charge in [-0.05, 0) is 18.8 Å². The summed E-state index contributed by atoms with van der Waals surface area (Å²) in [5.41, 5.74) is 12.0. The lowest BCUT2D eigenvalue weighted by Crippen LogP contribution is -2.34. The molecule has 4 N–H and O–H groups in total. The quantitative estimate of drug-likeness (QED) is 0.714. The van der Waals surface area contributed by atoms with Crippen LogP contribution in [0.1, 0.15) is 19.8 Å². The first-order valence-electron chi connectivity index (χ1n) is 5.29. The molecule has 2 rings (SSSR count). The fraction of sp³-hybridized carbons (Fsp3) is 0.600. The van der Waals surface area contributed by atoms with Crippen LogP contribution in [0.15, 0.2) is 6.33 Å². The van der Waals surface area contributed by atoms with Crippen LogP contribution >= 0.6 is 0 Å². The van der Waals surface area contributed by atoms with E-state index in [1.165, 1.54) is 19.2 Å². The molecule has 15 heavy (non-hydrogen) atoms. The molecule has 0 saturated carbocycles. The first kappa shape index (κ1) is 10.0. The lowest BCUT2D eigenvalue weighted by molar-refractivity contribution is 0.437. The SMILES string of the molecule is CC1CCN(c2ncnc(N)c2N)CC1. The van der Waals surface area contributed by atoms with E-state index in [9.17, 15) is 0 Å². The van der Waals surface area contributed by atoms with Crippen LogP contribution in [-0.4, -0.2) is 23.1 Å². The van der Waals surface area contributed by atoms with Crippen LogP contribution in [-0.2, 0) is 0 Å². The van der Waals surface area contributed by atoms with E-state index in [2.05, 4.69) is 21.8 Å². The summed E-state index contributed by atoms with van der Waals surface area (Å²) in [4.78, 5) is 10.2. The van der Waals surface area contributed by atoms with Crippen LogP contribution < -0.4 is 16.4 Å². The first-order valence-corrected chi connectivity index (χ1v) is 5.29. The zero-order valence-corrected chi connectivity index (χ0v) is 8.98. The maximum absolute atomic E-state index is 5.86. The molecular weight excluding hydrogens is 190 g/mol. The Morgan fingerprint density at radius 3 is 2.60 bits per heavy atom. The Morgan fingerprint density at radius 2 is 1.93 bits per heavy atom. The summed E-state index contributed by atoms with van der Waals surface area (Å²) in [6, 6.07) is 0. The topological polar surface area (TPSA) is 81.1 Å². The lowest BCUT2D eigenvalue weighted by atomic mass is 9.99. The third-order valence-electron chi connectivity index (χ3n) is 2.98. The number of rotatable bonds is 1. The van der Waals surface area contributed by atoms with Gasteiger partial charge in [0.2, 0.25) is 0 Å². The highest BCUT2D eigenvalue weighted by molar-refractivity contribution is 5.73. The van der Waals surface area contributed by atoms with E-state index in [4.69, 9.17) is 11.5 Å². The van der Waals surface area contributed by atoms with Crippen LogP contribution in [0.25, 0.3) is 0 Å². The van der Waals surface area contributed by atoms with E-state index in [1.54, 1.807) is 0 Å². The van der Waals surface area contributed by atoms with E-state index in [0.29, 0.717) is 11.5 Å². The van der Waals surface area contributed by atoms with Gasteiger partial charge in [0, 0.05) is 13.1 Å². The first-order chi connectivity index (χ1) is 7.18. The molecule has 0 unspecified atom stereocenters. The van der Waals surface area contributed by atoms with Gasteiger partial charge in [-0.15, -0.1) is 0 Å². The molecule has 0 aliphatic carbocycles. The van der Waals surface area contributed by atoms with Crippen molar-refractivity contribution < 1.29 is 0 Å². The van der Waals surface area contributed by atoms with E-state index >= 15 is 0 Å². The second-order valence-corrected chi connectivity index (χ2v) is 4.17. The third kappa shape index (κ3) is 1.95. The summed E-state index contributed by atoms with van der Waals surface area (Å²) in [5, 5.41) is 0. The molecule has 1 aromatic heterocycles. The number of aromatic nitrogens is 2. The molecule has 1 aliphatic rings. The van der Waals surface area contributed by atoms with Gasteiger partial charge in [-0.2, -0.15) is 0 Å². The molecule has 0 bridgehead atoms. The van der Waals surface area contributed by atoms with Crippen molar-refractivity contribution in [1.82, 2.24) is 9.97 Å². The van der Waals surface area contributed by atoms with Crippen molar-refractivity contribution in [3.63, 3.8) is 0 Å². The van der Waals surface area contributed by atoms with Crippen molar-refractivity contribution in [2.75, 3.05) is 29.5 Å². The smallest absolute Gasteiger partial charge is 0.157 e. The molecule has 1 aliphatic heterocycles. The van der Waals surface area contributed by atoms with Gasteiger partial charge in [0.15, 0.2) is 11.6 Å². The highest BCUT2D eigenvalue weighted by Gasteiger charge is 2.19. The molecule has 0 atom stereocenters. The second kappa shape index (κ2) is 3.92. The van der Waals surface area contributed by atoms with Crippen LogP contribution in [0.2, 0.25) is 0 Å². The van der Waals surface area contributed by atoms with Gasteiger partial charge in [0.1, 0.15) is 12.0 Å². The Morgan fingerprint density at radius 1 is 1.27 bits per heavy atom. The van der Waals surface area contributed by atoms with Crippen molar-refractivity contribution >= 4 is 17.3 Å². The Labute approximate surface area is 89.5 Å². The summed E-state index contributed by atoms with van der Waals surface area (Å²) >= 11 is 0. The van der Waals surface area contributed by atoms with Gasteiger partial charge in [-0.3, -0.25) is 0 Å². The Bertz CT molecular complexity index is 344. The van der Waals surface area contributed by atoms with Gasteiger partial charge < -0.3 is 16.4 Å².